The molecule has 3 aliphatic heterocycles. The molecule has 2 amide bonds. The van der Waals surface area contributed by atoms with E-state index in [9.17, 15) is 39.6 Å². The van der Waals surface area contributed by atoms with Gasteiger partial charge in [-0.25, -0.2) is 26.4 Å². The molecular weight excluding hydrogens is 989 g/mol. The molecule has 0 aliphatic carbocycles. The molecule has 0 bridgehead atoms. The standard InChI is InChI=1S/C49H58ClF3N6O8S3/c1-48(2,3)67-47(61)59-22-20-43(35-9-13-38(50)14-10-35)37(33-59)32-57-23-25-58(26-24-57)40-15-11-36(12-16-40)46(60)55-70(64,65)42-17-18-44(45(31-42)69(62,63)49(51,52)53)54-39(19-21-56-27-29-66-30-28-56)34-68-41-7-5-4-6-8-41/h4-18,31,39,54H,19-30,32-34H2,1-3H3,(H,55,60)/t39-/m1/s1. The predicted molar refractivity (Wildman–Crippen MR) is 267 cm³/mol. The summed E-state index contributed by atoms with van der Waals surface area (Å²) < 4.78 is 109. The lowest BCUT2D eigenvalue weighted by atomic mass is 9.93. The Labute approximate surface area is 417 Å². The number of benzene rings is 4. The van der Waals surface area contributed by atoms with Gasteiger partial charge in [0.05, 0.1) is 23.8 Å². The fraction of sp³-hybridized carbons (Fsp3) is 0.429. The van der Waals surface area contributed by atoms with Gasteiger partial charge in [-0.15, -0.1) is 11.8 Å². The van der Waals surface area contributed by atoms with E-state index in [0.717, 1.165) is 33.9 Å². The van der Waals surface area contributed by atoms with E-state index in [1.165, 1.54) is 29.5 Å². The number of alkyl halides is 3. The van der Waals surface area contributed by atoms with E-state index in [4.69, 9.17) is 21.1 Å². The van der Waals surface area contributed by atoms with Crippen LogP contribution in [0.15, 0.2) is 117 Å². The second kappa shape index (κ2) is 22.7. The molecule has 2 saturated heterocycles. The van der Waals surface area contributed by atoms with E-state index >= 15 is 0 Å². The molecule has 2 N–H and O–H groups in total. The number of sulfone groups is 1. The molecule has 2 fully saturated rings. The Morgan fingerprint density at radius 1 is 0.829 bits per heavy atom. The quantitative estimate of drug-likeness (QED) is 0.104. The maximum Gasteiger partial charge on any atom is 0.501 e. The highest BCUT2D eigenvalue weighted by molar-refractivity contribution is 7.99. The van der Waals surface area contributed by atoms with Gasteiger partial charge >= 0.3 is 11.6 Å². The number of piperazine rings is 1. The van der Waals surface area contributed by atoms with Crippen molar-refractivity contribution in [2.45, 2.75) is 65.5 Å². The van der Waals surface area contributed by atoms with Gasteiger partial charge in [0.25, 0.3) is 25.8 Å². The minimum absolute atomic E-state index is 0.0417. The Morgan fingerprint density at radius 3 is 2.14 bits per heavy atom. The predicted octanol–water partition coefficient (Wildman–Crippen LogP) is 8.26. The fourth-order valence-corrected chi connectivity index (χ4v) is 11.5. The zero-order valence-corrected chi connectivity index (χ0v) is 42.4. The largest absolute Gasteiger partial charge is 0.501 e. The number of carbonyl (C=O) groups is 2. The Kier molecular flexibility index (Phi) is 17.2. The van der Waals surface area contributed by atoms with Gasteiger partial charge in [-0.05, 0) is 117 Å². The first-order valence-corrected chi connectivity index (χ1v) is 27.3. The molecule has 0 spiro atoms. The van der Waals surface area contributed by atoms with Crippen LogP contribution in [-0.2, 0) is 29.3 Å². The van der Waals surface area contributed by atoms with Crippen molar-refractivity contribution in [1.82, 2.24) is 19.4 Å². The highest BCUT2D eigenvalue weighted by Crippen LogP contribution is 2.37. The molecule has 0 saturated carbocycles. The lowest BCUT2D eigenvalue weighted by Crippen LogP contribution is -2.48. The van der Waals surface area contributed by atoms with Crippen molar-refractivity contribution in [1.29, 1.82) is 0 Å². The van der Waals surface area contributed by atoms with Crippen LogP contribution in [0.1, 0.15) is 49.5 Å². The summed E-state index contributed by atoms with van der Waals surface area (Å²) in [6.07, 6.45) is 0.730. The van der Waals surface area contributed by atoms with E-state index in [1.54, 1.807) is 17.0 Å². The number of carbonyl (C=O) groups excluding carboxylic acids is 2. The number of amides is 2. The number of hydrogen-bond acceptors (Lipinski definition) is 13. The van der Waals surface area contributed by atoms with Crippen molar-refractivity contribution < 1.29 is 49.1 Å². The van der Waals surface area contributed by atoms with E-state index in [1.807, 2.05) is 80.1 Å². The van der Waals surface area contributed by atoms with Gasteiger partial charge < -0.3 is 24.6 Å². The van der Waals surface area contributed by atoms with Crippen molar-refractivity contribution in [3.05, 3.63) is 119 Å². The van der Waals surface area contributed by atoms with Crippen LogP contribution < -0.4 is 14.9 Å². The van der Waals surface area contributed by atoms with Crippen molar-refractivity contribution in [2.24, 2.45) is 0 Å². The summed E-state index contributed by atoms with van der Waals surface area (Å²) in [5.74, 6) is -0.703. The van der Waals surface area contributed by atoms with E-state index in [0.29, 0.717) is 108 Å². The lowest BCUT2D eigenvalue weighted by Gasteiger charge is -2.39. The highest BCUT2D eigenvalue weighted by Gasteiger charge is 2.48. The molecule has 14 nitrogen and oxygen atoms in total. The third-order valence-corrected chi connectivity index (χ3v) is 16.4. The molecular formula is C49H58ClF3N6O8S3. The second-order valence-corrected chi connectivity index (χ2v) is 23.4. The minimum atomic E-state index is -6.08. The molecule has 4 aromatic rings. The molecule has 4 aromatic carbocycles. The zero-order valence-electron chi connectivity index (χ0n) is 39.2. The molecule has 0 aromatic heterocycles. The van der Waals surface area contributed by atoms with Crippen LogP contribution in [0.5, 0.6) is 0 Å². The first-order valence-electron chi connectivity index (χ1n) is 22.9. The van der Waals surface area contributed by atoms with Crippen molar-refractivity contribution in [3.63, 3.8) is 0 Å². The average molecular weight is 1050 g/mol. The molecule has 70 heavy (non-hydrogen) atoms. The lowest BCUT2D eigenvalue weighted by molar-refractivity contribution is -0.0436. The number of nitrogens with zero attached hydrogens (tertiary/aromatic N) is 4. The van der Waals surface area contributed by atoms with Crippen LogP contribution in [0.4, 0.5) is 29.3 Å². The van der Waals surface area contributed by atoms with Gasteiger partial charge in [-0.3, -0.25) is 14.6 Å². The van der Waals surface area contributed by atoms with Crippen LogP contribution in [-0.4, -0.2) is 145 Å². The van der Waals surface area contributed by atoms with Gasteiger partial charge in [-0.1, -0.05) is 41.9 Å². The monoisotopic (exact) mass is 1050 g/mol. The summed E-state index contributed by atoms with van der Waals surface area (Å²) >= 11 is 7.64. The average Bonchev–Trinajstić information content (AvgIpc) is 3.32. The summed E-state index contributed by atoms with van der Waals surface area (Å²) in [4.78, 5) is 33.6. The molecule has 7 rings (SSSR count). The van der Waals surface area contributed by atoms with Crippen LogP contribution in [0.25, 0.3) is 5.57 Å². The number of morpholine rings is 1. The van der Waals surface area contributed by atoms with Crippen molar-refractivity contribution >= 4 is 72.2 Å². The molecule has 1 atom stereocenters. The molecule has 3 heterocycles. The number of sulfonamides is 1. The van der Waals surface area contributed by atoms with Gasteiger partial charge in [0, 0.05) is 98.4 Å². The Hall–Kier alpha value is -4.83. The summed E-state index contributed by atoms with van der Waals surface area (Å²) in [6.45, 7) is 12.7. The third kappa shape index (κ3) is 14.0. The van der Waals surface area contributed by atoms with Gasteiger partial charge in [0.2, 0.25) is 0 Å². The Morgan fingerprint density at radius 2 is 1.50 bits per heavy atom. The van der Waals surface area contributed by atoms with Gasteiger partial charge in [0.1, 0.15) is 10.5 Å². The summed E-state index contributed by atoms with van der Waals surface area (Å²) in [7, 11) is -11.0. The topological polar surface area (TPSA) is 158 Å². The number of halogens is 4. The first-order chi connectivity index (χ1) is 33.1. The number of hydrogen-bond donors (Lipinski definition) is 2. The molecule has 0 radical (unpaired) electrons. The van der Waals surface area contributed by atoms with Crippen LogP contribution >= 0.6 is 23.4 Å². The second-order valence-electron chi connectivity index (χ2n) is 18.3. The molecule has 0 unspecified atom stereocenters. The smallest absolute Gasteiger partial charge is 0.444 e. The van der Waals surface area contributed by atoms with Gasteiger partial charge in [0.15, 0.2) is 0 Å². The van der Waals surface area contributed by atoms with E-state index in [2.05, 4.69) is 20.0 Å². The Bertz CT molecular complexity index is 2710. The maximum absolute atomic E-state index is 14.2. The molecule has 3 aliphatic rings. The van der Waals surface area contributed by atoms with Gasteiger partial charge in [-0.2, -0.15) is 13.2 Å². The maximum atomic E-state index is 14.2. The number of rotatable bonds is 16. The summed E-state index contributed by atoms with van der Waals surface area (Å²) in [6, 6.07) is 25.1. The number of nitrogens with one attached hydrogen (secondary N) is 2. The molecule has 21 heteroatoms. The third-order valence-electron chi connectivity index (χ3n) is 12.1. The SMILES string of the molecule is CC(C)(C)OC(=O)N1CCC(c2ccc(Cl)cc2)=C(CN2CCN(c3ccc(C(=O)NS(=O)(=O)c4ccc(N[C@H](CCN5CCOCC5)CSc5ccccc5)c(S(=O)(=O)C(F)(F)F)c4)cc3)CC2)C1. The van der Waals surface area contributed by atoms with E-state index < -0.39 is 58.4 Å². The van der Waals surface area contributed by atoms with Crippen LogP contribution in [0, 0.1) is 0 Å². The Balaban J connectivity index is 1.01. The summed E-state index contributed by atoms with van der Waals surface area (Å²) in [5, 5.41) is 3.62. The number of thioether (sulfide) groups is 1. The van der Waals surface area contributed by atoms with Crippen molar-refractivity contribution in [2.75, 3.05) is 94.6 Å². The fourth-order valence-electron chi connectivity index (χ4n) is 8.38. The normalized spacial score (nSPS) is 17.3. The molecule has 378 valence electrons. The number of anilines is 2. The first kappa shape index (κ1) is 53.0. The van der Waals surface area contributed by atoms with E-state index in [-0.39, 0.29) is 11.7 Å². The highest BCUT2D eigenvalue weighted by atomic mass is 35.5. The number of ether oxygens (including phenoxy) is 2. The zero-order chi connectivity index (χ0) is 50.3. The van der Waals surface area contributed by atoms with Crippen LogP contribution in [0.3, 0.4) is 0 Å². The van der Waals surface area contributed by atoms with Crippen molar-refractivity contribution in [3.8, 4) is 0 Å². The minimum Gasteiger partial charge on any atom is -0.444 e. The van der Waals surface area contributed by atoms with Crippen LogP contribution in [0.2, 0.25) is 5.02 Å². The summed E-state index contributed by atoms with van der Waals surface area (Å²) in [5.41, 5.74) is -2.73.